The van der Waals surface area contributed by atoms with Crippen LogP contribution >= 0.6 is 12.4 Å². The van der Waals surface area contributed by atoms with Crippen LogP contribution in [-0.4, -0.2) is 64.9 Å². The normalized spacial score (nSPS) is 14.6. The molecule has 0 bridgehead atoms. The number of pyridine rings is 1. The summed E-state index contributed by atoms with van der Waals surface area (Å²) in [6.45, 7) is 5.93. The fourth-order valence-electron chi connectivity index (χ4n) is 2.92. The maximum Gasteiger partial charge on any atom is 0.258 e. The van der Waals surface area contributed by atoms with Gasteiger partial charge >= 0.3 is 0 Å². The van der Waals surface area contributed by atoms with Crippen LogP contribution in [0.1, 0.15) is 11.3 Å². The van der Waals surface area contributed by atoms with Gasteiger partial charge in [0, 0.05) is 45.0 Å². The number of piperazine rings is 1. The second-order valence-electron chi connectivity index (χ2n) is 6.32. The summed E-state index contributed by atoms with van der Waals surface area (Å²) in [5.41, 5.74) is 2.22. The average Bonchev–Trinajstić information content (AvgIpc) is 2.56. The summed E-state index contributed by atoms with van der Waals surface area (Å²) in [5.74, 6) is 0.118. The second kappa shape index (κ2) is 8.42. The van der Waals surface area contributed by atoms with Gasteiger partial charge in [-0.1, -0.05) is 6.07 Å². The molecule has 0 spiro atoms. The first-order valence-electron chi connectivity index (χ1n) is 8.19. The summed E-state index contributed by atoms with van der Waals surface area (Å²) in [6, 6.07) is 5.31. The van der Waals surface area contributed by atoms with Crippen LogP contribution in [0, 0.1) is 6.92 Å². The van der Waals surface area contributed by atoms with E-state index < -0.39 is 0 Å². The highest BCUT2D eigenvalue weighted by Crippen LogP contribution is 2.05. The molecule has 0 saturated carbocycles. The maximum absolute atomic E-state index is 12.3. The Balaban J connectivity index is 0.00000225. The fourth-order valence-corrected chi connectivity index (χ4v) is 2.92. The van der Waals surface area contributed by atoms with E-state index in [-0.39, 0.29) is 23.9 Å². The molecule has 1 aliphatic rings. The number of nitrogens with zero attached hydrogens (tertiary/aromatic N) is 4. The number of aryl methyl sites for hydroxylation is 1. The Morgan fingerprint density at radius 1 is 1.32 bits per heavy atom. The Labute approximate surface area is 153 Å². The van der Waals surface area contributed by atoms with Gasteiger partial charge in [-0.15, -0.1) is 12.4 Å². The summed E-state index contributed by atoms with van der Waals surface area (Å²) >= 11 is 0. The third kappa shape index (κ3) is 4.78. The Kier molecular flexibility index (Phi) is 6.52. The van der Waals surface area contributed by atoms with Crippen LogP contribution in [-0.2, 0) is 11.3 Å². The molecular formula is C17H24ClN5O2. The fraction of sp³-hybridized carbons (Fsp3) is 0.471. The molecule has 0 aliphatic carbocycles. The van der Waals surface area contributed by atoms with E-state index in [1.807, 2.05) is 35.9 Å². The van der Waals surface area contributed by atoms with Gasteiger partial charge in [-0.25, -0.2) is 4.98 Å². The molecule has 136 valence electrons. The highest BCUT2D eigenvalue weighted by molar-refractivity contribution is 5.85. The minimum Gasteiger partial charge on any atom is -0.339 e. The molecule has 0 unspecified atom stereocenters. The Bertz CT molecular complexity index is 801. The largest absolute Gasteiger partial charge is 0.339 e. The van der Waals surface area contributed by atoms with E-state index in [2.05, 4.69) is 10.3 Å². The number of amides is 1. The number of carbonyl (C=O) groups is 1. The molecule has 1 aliphatic heterocycles. The first-order valence-corrected chi connectivity index (χ1v) is 8.19. The number of hydrogen-bond donors (Lipinski definition) is 1. The highest BCUT2D eigenvalue weighted by atomic mass is 35.5. The van der Waals surface area contributed by atoms with Gasteiger partial charge in [0.15, 0.2) is 0 Å². The first-order chi connectivity index (χ1) is 11.5. The third-order valence-corrected chi connectivity index (χ3v) is 4.17. The van der Waals surface area contributed by atoms with Crippen molar-refractivity contribution in [1.82, 2.24) is 24.5 Å². The molecule has 2 aromatic rings. The first kappa shape index (κ1) is 19.4. The Morgan fingerprint density at radius 2 is 2.04 bits per heavy atom. The Morgan fingerprint density at radius 3 is 2.76 bits per heavy atom. The highest BCUT2D eigenvalue weighted by Gasteiger charge is 2.18. The molecule has 3 heterocycles. The van der Waals surface area contributed by atoms with E-state index in [0.29, 0.717) is 24.4 Å². The van der Waals surface area contributed by atoms with Crippen LogP contribution in [0.4, 0.5) is 0 Å². The molecular weight excluding hydrogens is 342 g/mol. The van der Waals surface area contributed by atoms with Crippen molar-refractivity contribution in [3.63, 3.8) is 0 Å². The molecule has 1 amide bonds. The molecule has 1 fully saturated rings. The van der Waals surface area contributed by atoms with Crippen LogP contribution < -0.4 is 10.9 Å². The molecule has 3 rings (SSSR count). The van der Waals surface area contributed by atoms with Crippen LogP contribution in [0.5, 0.6) is 0 Å². The van der Waals surface area contributed by atoms with Gasteiger partial charge in [0.1, 0.15) is 5.65 Å². The quantitative estimate of drug-likeness (QED) is 0.843. The zero-order chi connectivity index (χ0) is 17.1. The summed E-state index contributed by atoms with van der Waals surface area (Å²) in [5, 5.41) is 3.24. The van der Waals surface area contributed by atoms with E-state index in [9.17, 15) is 9.59 Å². The van der Waals surface area contributed by atoms with Crippen LogP contribution in [0.15, 0.2) is 29.2 Å². The number of aromatic nitrogens is 2. The monoisotopic (exact) mass is 365 g/mol. The van der Waals surface area contributed by atoms with Gasteiger partial charge in [0.2, 0.25) is 5.91 Å². The van der Waals surface area contributed by atoms with E-state index in [1.54, 1.807) is 10.6 Å². The van der Waals surface area contributed by atoms with Gasteiger partial charge in [0.05, 0.1) is 12.2 Å². The van der Waals surface area contributed by atoms with Crippen molar-refractivity contribution in [3.8, 4) is 0 Å². The molecule has 25 heavy (non-hydrogen) atoms. The predicted octanol–water partition coefficient (Wildman–Crippen LogP) is 0.288. The number of likely N-dealkylation sites (N-methyl/N-ethyl adjacent to an activating group) is 1. The molecule has 1 N–H and O–H groups in total. The van der Waals surface area contributed by atoms with Crippen molar-refractivity contribution < 1.29 is 4.79 Å². The maximum atomic E-state index is 12.3. The minimum atomic E-state index is -0.0967. The van der Waals surface area contributed by atoms with Crippen LogP contribution in [0.3, 0.4) is 0 Å². The lowest BCUT2D eigenvalue weighted by atomic mass is 10.3. The summed E-state index contributed by atoms with van der Waals surface area (Å²) < 4.78 is 1.55. The van der Waals surface area contributed by atoms with E-state index in [0.717, 1.165) is 31.7 Å². The Hall–Kier alpha value is -1.96. The van der Waals surface area contributed by atoms with Crippen LogP contribution in [0.2, 0.25) is 0 Å². The van der Waals surface area contributed by atoms with Gasteiger partial charge in [-0.05, 0) is 25.6 Å². The second-order valence-corrected chi connectivity index (χ2v) is 6.32. The lowest BCUT2D eigenvalue weighted by Crippen LogP contribution is -2.49. The van der Waals surface area contributed by atoms with Crippen LogP contribution in [0.25, 0.3) is 5.65 Å². The summed E-state index contributed by atoms with van der Waals surface area (Å²) in [7, 11) is 1.87. The molecule has 7 nitrogen and oxygen atoms in total. The number of hydrogen-bond acceptors (Lipinski definition) is 5. The number of nitrogens with one attached hydrogen (secondary N) is 1. The average molecular weight is 366 g/mol. The number of carbonyl (C=O) groups excluding carboxylic acids is 1. The molecule has 1 saturated heterocycles. The van der Waals surface area contributed by atoms with Crippen molar-refractivity contribution in [2.45, 2.75) is 13.5 Å². The number of rotatable bonds is 4. The number of halogens is 1. The molecule has 2 aromatic heterocycles. The van der Waals surface area contributed by atoms with Crippen molar-refractivity contribution in [3.05, 3.63) is 46.0 Å². The minimum absolute atomic E-state index is 0. The molecule has 8 heteroatoms. The smallest absolute Gasteiger partial charge is 0.258 e. The SMILES string of the molecule is Cc1ccc2nc(CN(C)CC(=O)N3CCNCC3)cc(=O)n2c1.Cl. The number of fused-ring (bicyclic) bond motifs is 1. The summed E-state index contributed by atoms with van der Waals surface area (Å²) in [6.07, 6.45) is 1.78. The predicted molar refractivity (Wildman–Crippen MR) is 99.2 cm³/mol. The zero-order valence-corrected chi connectivity index (χ0v) is 15.4. The van der Waals surface area contributed by atoms with Crippen molar-refractivity contribution >= 4 is 24.0 Å². The lowest BCUT2D eigenvalue weighted by Gasteiger charge is -2.29. The third-order valence-electron chi connectivity index (χ3n) is 4.17. The van der Waals surface area contributed by atoms with E-state index in [4.69, 9.17) is 0 Å². The van der Waals surface area contributed by atoms with Gasteiger partial charge in [-0.2, -0.15) is 0 Å². The van der Waals surface area contributed by atoms with Crippen molar-refractivity contribution in [2.24, 2.45) is 0 Å². The van der Waals surface area contributed by atoms with E-state index >= 15 is 0 Å². The zero-order valence-electron chi connectivity index (χ0n) is 14.6. The standard InChI is InChI=1S/C17H23N5O2.ClH/c1-13-3-4-15-19-14(9-16(23)22(15)10-13)11-20(2)12-17(24)21-7-5-18-6-8-21;/h3-4,9-10,18H,5-8,11-12H2,1-2H3;1H. The summed E-state index contributed by atoms with van der Waals surface area (Å²) in [4.78, 5) is 32.8. The van der Waals surface area contributed by atoms with Gasteiger partial charge < -0.3 is 10.2 Å². The topological polar surface area (TPSA) is 70.0 Å². The molecule has 0 atom stereocenters. The lowest BCUT2D eigenvalue weighted by molar-refractivity contribution is -0.132. The van der Waals surface area contributed by atoms with Gasteiger partial charge in [0.25, 0.3) is 5.56 Å². The van der Waals surface area contributed by atoms with Crippen molar-refractivity contribution in [2.75, 3.05) is 39.8 Å². The van der Waals surface area contributed by atoms with E-state index in [1.165, 1.54) is 6.07 Å². The molecule has 0 radical (unpaired) electrons. The van der Waals surface area contributed by atoms with Gasteiger partial charge in [-0.3, -0.25) is 18.9 Å². The van der Waals surface area contributed by atoms with Crippen molar-refractivity contribution in [1.29, 1.82) is 0 Å². The molecule has 0 aromatic carbocycles.